The number of ether oxygens (including phenoxy) is 1. The molecule has 0 spiro atoms. The minimum Gasteiger partial charge on any atom is -0.497 e. The van der Waals surface area contributed by atoms with Gasteiger partial charge in [0.25, 0.3) is 0 Å². The van der Waals surface area contributed by atoms with Crippen molar-refractivity contribution in [2.45, 2.75) is 6.54 Å². The Kier molecular flexibility index (Phi) is 4.95. The number of hydrogen-bond donors (Lipinski definition) is 1. The molecule has 1 aromatic heterocycles. The summed E-state index contributed by atoms with van der Waals surface area (Å²) < 4.78 is 10.5. The Morgan fingerprint density at radius 3 is 2.68 bits per heavy atom. The third kappa shape index (κ3) is 3.95. The van der Waals surface area contributed by atoms with Crippen LogP contribution >= 0.6 is 0 Å². The van der Waals surface area contributed by atoms with Crippen LogP contribution in [0.25, 0.3) is 17.0 Å². The largest absolute Gasteiger partial charge is 0.497 e. The number of carbonyl (C=O) groups is 1. The molecule has 0 saturated heterocycles. The molecule has 1 N–H and O–H groups in total. The number of nitrogens with one attached hydrogen (secondary N) is 1. The van der Waals surface area contributed by atoms with Crippen LogP contribution in [-0.2, 0) is 11.3 Å². The Balaban J connectivity index is 1.66. The van der Waals surface area contributed by atoms with Crippen LogP contribution in [0.5, 0.6) is 5.75 Å². The smallest absolute Gasteiger partial charge is 0.244 e. The molecule has 5 nitrogen and oxygen atoms in total. The molecule has 126 valence electrons. The van der Waals surface area contributed by atoms with E-state index in [0.717, 1.165) is 11.3 Å². The minimum atomic E-state index is -0.289. The van der Waals surface area contributed by atoms with Gasteiger partial charge in [-0.3, -0.25) is 9.59 Å². The molecule has 5 heteroatoms. The first kappa shape index (κ1) is 16.5. The van der Waals surface area contributed by atoms with E-state index in [2.05, 4.69) is 5.32 Å². The highest BCUT2D eigenvalue weighted by Gasteiger charge is 2.04. The van der Waals surface area contributed by atoms with Crippen LogP contribution < -0.4 is 15.5 Å². The van der Waals surface area contributed by atoms with Crippen LogP contribution in [0.1, 0.15) is 11.1 Å². The van der Waals surface area contributed by atoms with Crippen LogP contribution in [0, 0.1) is 0 Å². The van der Waals surface area contributed by atoms with Crippen molar-refractivity contribution in [1.82, 2.24) is 5.32 Å². The van der Waals surface area contributed by atoms with E-state index >= 15 is 0 Å². The molecule has 3 rings (SSSR count). The molecule has 0 radical (unpaired) electrons. The molecule has 0 saturated carbocycles. The van der Waals surface area contributed by atoms with Crippen molar-refractivity contribution < 1.29 is 13.9 Å². The molecule has 1 heterocycles. The average Bonchev–Trinajstić information content (AvgIpc) is 2.66. The number of para-hydroxylation sites is 1. The maximum absolute atomic E-state index is 12.3. The summed E-state index contributed by atoms with van der Waals surface area (Å²) in [5, 5.41) is 3.25. The SMILES string of the molecule is COc1ccc(CNC(=O)/C=C/c2coc3ccccc3c2=O)cc1. The van der Waals surface area contributed by atoms with Crippen LogP contribution in [0.2, 0.25) is 0 Å². The first-order valence-corrected chi connectivity index (χ1v) is 7.77. The van der Waals surface area contributed by atoms with E-state index in [4.69, 9.17) is 9.15 Å². The van der Waals surface area contributed by atoms with Gasteiger partial charge in [0.1, 0.15) is 17.6 Å². The summed E-state index contributed by atoms with van der Waals surface area (Å²) in [6, 6.07) is 14.4. The molecule has 0 aliphatic heterocycles. The zero-order valence-corrected chi connectivity index (χ0v) is 13.7. The van der Waals surface area contributed by atoms with E-state index in [1.807, 2.05) is 24.3 Å². The highest BCUT2D eigenvalue weighted by atomic mass is 16.5. The number of rotatable bonds is 5. The zero-order chi connectivity index (χ0) is 17.6. The Bertz CT molecular complexity index is 971. The third-order valence-corrected chi connectivity index (χ3v) is 3.75. The lowest BCUT2D eigenvalue weighted by Crippen LogP contribution is -2.20. The van der Waals surface area contributed by atoms with Gasteiger partial charge in [-0.15, -0.1) is 0 Å². The second-order valence-electron chi connectivity index (χ2n) is 5.42. The monoisotopic (exact) mass is 335 g/mol. The van der Waals surface area contributed by atoms with Gasteiger partial charge in [0, 0.05) is 12.6 Å². The fraction of sp³-hybridized carbons (Fsp3) is 0.100. The third-order valence-electron chi connectivity index (χ3n) is 3.75. The Labute approximate surface area is 144 Å². The van der Waals surface area contributed by atoms with Crippen molar-refractivity contribution in [2.75, 3.05) is 7.11 Å². The van der Waals surface area contributed by atoms with Crippen molar-refractivity contribution >= 4 is 23.0 Å². The van der Waals surface area contributed by atoms with Crippen molar-refractivity contribution in [3.63, 3.8) is 0 Å². The molecule has 0 aliphatic rings. The molecular formula is C20H17NO4. The highest BCUT2D eigenvalue weighted by molar-refractivity contribution is 5.92. The first-order valence-electron chi connectivity index (χ1n) is 7.77. The molecule has 1 amide bonds. The Morgan fingerprint density at radius 1 is 1.16 bits per heavy atom. The summed E-state index contributed by atoms with van der Waals surface area (Å²) >= 11 is 0. The van der Waals surface area contributed by atoms with Gasteiger partial charge in [0.15, 0.2) is 5.43 Å². The van der Waals surface area contributed by atoms with Gasteiger partial charge < -0.3 is 14.5 Å². The predicted molar refractivity (Wildman–Crippen MR) is 96.4 cm³/mol. The number of methoxy groups -OCH3 is 1. The van der Waals surface area contributed by atoms with E-state index in [1.165, 1.54) is 18.4 Å². The number of carbonyl (C=O) groups excluding carboxylic acids is 1. The fourth-order valence-corrected chi connectivity index (χ4v) is 2.36. The standard InChI is InChI=1S/C20H17NO4/c1-24-16-9-6-14(7-10-16)12-21-19(22)11-8-15-13-25-18-5-3-2-4-17(18)20(15)23/h2-11,13H,12H2,1H3,(H,21,22)/b11-8+. The fourth-order valence-electron chi connectivity index (χ4n) is 2.36. The van der Waals surface area contributed by atoms with Gasteiger partial charge in [-0.2, -0.15) is 0 Å². The molecule has 3 aromatic rings. The number of fused-ring (bicyclic) bond motifs is 1. The topological polar surface area (TPSA) is 68.5 Å². The second kappa shape index (κ2) is 7.49. The normalized spacial score (nSPS) is 10.9. The van der Waals surface area contributed by atoms with E-state index < -0.39 is 0 Å². The van der Waals surface area contributed by atoms with E-state index in [9.17, 15) is 9.59 Å². The van der Waals surface area contributed by atoms with Crippen LogP contribution in [-0.4, -0.2) is 13.0 Å². The zero-order valence-electron chi connectivity index (χ0n) is 13.7. The van der Waals surface area contributed by atoms with Gasteiger partial charge in [-0.1, -0.05) is 24.3 Å². The van der Waals surface area contributed by atoms with Crippen molar-refractivity contribution in [1.29, 1.82) is 0 Å². The van der Waals surface area contributed by atoms with Gasteiger partial charge in [-0.25, -0.2) is 0 Å². The summed E-state index contributed by atoms with van der Waals surface area (Å²) in [6.45, 7) is 0.388. The Morgan fingerprint density at radius 2 is 1.92 bits per heavy atom. The van der Waals surface area contributed by atoms with Gasteiger partial charge >= 0.3 is 0 Å². The molecular weight excluding hydrogens is 318 g/mol. The minimum absolute atomic E-state index is 0.166. The summed E-state index contributed by atoms with van der Waals surface area (Å²) in [5.41, 5.74) is 1.64. The quantitative estimate of drug-likeness (QED) is 0.727. The summed E-state index contributed by atoms with van der Waals surface area (Å²) in [5.74, 6) is 0.473. The van der Waals surface area contributed by atoms with Crippen molar-refractivity contribution in [3.8, 4) is 5.75 Å². The summed E-state index contributed by atoms with van der Waals surface area (Å²) in [4.78, 5) is 24.3. The summed E-state index contributed by atoms with van der Waals surface area (Å²) in [7, 11) is 1.60. The molecule has 0 aliphatic carbocycles. The molecule has 0 unspecified atom stereocenters. The van der Waals surface area contributed by atoms with Gasteiger partial charge in [0.05, 0.1) is 18.1 Å². The molecule has 0 fully saturated rings. The lowest BCUT2D eigenvalue weighted by atomic mass is 10.1. The lowest BCUT2D eigenvalue weighted by molar-refractivity contribution is -0.116. The van der Waals surface area contributed by atoms with Gasteiger partial charge in [0.2, 0.25) is 5.91 Å². The number of hydrogen-bond acceptors (Lipinski definition) is 4. The average molecular weight is 335 g/mol. The van der Waals surface area contributed by atoms with Crippen molar-refractivity contribution in [3.05, 3.63) is 82.2 Å². The summed E-state index contributed by atoms with van der Waals surface area (Å²) in [6.07, 6.45) is 4.14. The van der Waals surface area contributed by atoms with Crippen LogP contribution in [0.3, 0.4) is 0 Å². The number of amides is 1. The lowest BCUT2D eigenvalue weighted by Gasteiger charge is -2.04. The van der Waals surface area contributed by atoms with E-state index in [-0.39, 0.29) is 11.3 Å². The second-order valence-corrected chi connectivity index (χ2v) is 5.42. The first-order chi connectivity index (χ1) is 12.2. The molecule has 2 aromatic carbocycles. The van der Waals surface area contributed by atoms with E-state index in [0.29, 0.717) is 23.1 Å². The Hall–Kier alpha value is -3.34. The number of benzene rings is 2. The molecule has 25 heavy (non-hydrogen) atoms. The van der Waals surface area contributed by atoms with Crippen molar-refractivity contribution in [2.24, 2.45) is 0 Å². The predicted octanol–water partition coefficient (Wildman–Crippen LogP) is 3.13. The van der Waals surface area contributed by atoms with Crippen LogP contribution in [0.4, 0.5) is 0 Å². The molecule has 0 atom stereocenters. The maximum atomic E-state index is 12.3. The van der Waals surface area contributed by atoms with E-state index in [1.54, 1.807) is 31.4 Å². The molecule has 0 bridgehead atoms. The maximum Gasteiger partial charge on any atom is 0.244 e. The van der Waals surface area contributed by atoms with Crippen LogP contribution in [0.15, 0.2) is 70.1 Å². The van der Waals surface area contributed by atoms with Gasteiger partial charge in [-0.05, 0) is 35.9 Å². The highest BCUT2D eigenvalue weighted by Crippen LogP contribution is 2.12.